The van der Waals surface area contributed by atoms with Gasteiger partial charge in [0, 0.05) is 46.3 Å². The maximum atomic E-state index is 12.4. The smallest absolute Gasteiger partial charge is 0.242 e. The molecule has 1 rings (SSSR count). The molecule has 1 N–H and O–H groups in total. The predicted octanol–water partition coefficient (Wildman–Crippen LogP) is -0.393. The molecule has 0 aromatic heterocycles. The molecule has 0 aromatic carbocycles. The first-order chi connectivity index (χ1) is 9.51. The van der Waals surface area contributed by atoms with Gasteiger partial charge < -0.3 is 15.1 Å². The van der Waals surface area contributed by atoms with E-state index in [4.69, 9.17) is 0 Å². The third kappa shape index (κ3) is 4.45. The molecule has 0 spiro atoms. The zero-order valence-electron chi connectivity index (χ0n) is 13.2. The number of likely N-dealkylation sites (N-methyl/N-ethyl adjacent to an activating group) is 2. The highest BCUT2D eigenvalue weighted by Crippen LogP contribution is 2.05. The Morgan fingerprint density at radius 2 is 1.75 bits per heavy atom. The molecule has 1 saturated heterocycles. The molecule has 0 aromatic rings. The van der Waals surface area contributed by atoms with Gasteiger partial charge in [0.15, 0.2) is 0 Å². The molecule has 6 heteroatoms. The molecule has 2 amide bonds. The summed E-state index contributed by atoms with van der Waals surface area (Å²) in [7, 11) is 1.71. The fourth-order valence-corrected chi connectivity index (χ4v) is 2.50. The summed E-state index contributed by atoms with van der Waals surface area (Å²) in [5.41, 5.74) is 0. The van der Waals surface area contributed by atoms with Gasteiger partial charge in [-0.05, 0) is 20.8 Å². The normalized spacial score (nSPS) is 17.6. The zero-order valence-corrected chi connectivity index (χ0v) is 13.2. The number of hydrogen-bond acceptors (Lipinski definition) is 4. The molecule has 1 aliphatic heterocycles. The quantitative estimate of drug-likeness (QED) is 0.721. The van der Waals surface area contributed by atoms with E-state index >= 15 is 0 Å². The van der Waals surface area contributed by atoms with E-state index in [0.717, 1.165) is 26.2 Å². The van der Waals surface area contributed by atoms with Gasteiger partial charge in [0.05, 0.1) is 12.6 Å². The molecule has 0 radical (unpaired) electrons. The third-order valence-corrected chi connectivity index (χ3v) is 3.92. The Bertz CT molecular complexity index is 325. The topological polar surface area (TPSA) is 55.9 Å². The van der Waals surface area contributed by atoms with E-state index in [2.05, 4.69) is 10.2 Å². The van der Waals surface area contributed by atoms with E-state index in [9.17, 15) is 9.59 Å². The van der Waals surface area contributed by atoms with Crippen LogP contribution < -0.4 is 5.32 Å². The monoisotopic (exact) mass is 284 g/mol. The number of carbonyl (C=O) groups is 2. The highest BCUT2D eigenvalue weighted by molar-refractivity contribution is 5.87. The van der Waals surface area contributed by atoms with Gasteiger partial charge in [-0.2, -0.15) is 0 Å². The summed E-state index contributed by atoms with van der Waals surface area (Å²) in [6.45, 7) is 11.0. The third-order valence-electron chi connectivity index (χ3n) is 3.92. The molecule has 1 fully saturated rings. The minimum atomic E-state index is -0.161. The number of piperazine rings is 1. The molecule has 1 aliphatic rings. The second-order valence-electron chi connectivity index (χ2n) is 5.22. The van der Waals surface area contributed by atoms with Crippen molar-refractivity contribution in [2.24, 2.45) is 0 Å². The summed E-state index contributed by atoms with van der Waals surface area (Å²) < 4.78 is 0. The summed E-state index contributed by atoms with van der Waals surface area (Å²) in [6, 6.07) is -0.161. The van der Waals surface area contributed by atoms with Crippen LogP contribution in [-0.2, 0) is 9.59 Å². The molecule has 1 unspecified atom stereocenters. The summed E-state index contributed by atoms with van der Waals surface area (Å²) in [6.07, 6.45) is 0. The molecule has 1 heterocycles. The number of nitrogens with zero attached hydrogens (tertiary/aromatic N) is 3. The minimum Gasteiger partial charge on any atom is -0.342 e. The first-order valence-corrected chi connectivity index (χ1v) is 7.48. The van der Waals surface area contributed by atoms with Crippen molar-refractivity contribution in [3.8, 4) is 0 Å². The summed E-state index contributed by atoms with van der Waals surface area (Å²) >= 11 is 0. The van der Waals surface area contributed by atoms with E-state index in [1.165, 1.54) is 0 Å². The number of carbonyl (C=O) groups excluding carboxylic acids is 2. The fraction of sp³-hybridized carbons (Fsp3) is 0.857. The van der Waals surface area contributed by atoms with Crippen molar-refractivity contribution in [3.05, 3.63) is 0 Å². The fourth-order valence-electron chi connectivity index (χ4n) is 2.50. The average Bonchev–Trinajstić information content (AvgIpc) is 2.47. The summed E-state index contributed by atoms with van der Waals surface area (Å²) in [5.74, 6) is 0.0331. The van der Waals surface area contributed by atoms with Crippen molar-refractivity contribution >= 4 is 11.8 Å². The Hall–Kier alpha value is -1.14. The number of rotatable bonds is 6. The van der Waals surface area contributed by atoms with Crippen LogP contribution in [-0.4, -0.2) is 85.4 Å². The van der Waals surface area contributed by atoms with Crippen LogP contribution >= 0.6 is 0 Å². The number of hydrogen-bond donors (Lipinski definition) is 1. The van der Waals surface area contributed by atoms with Crippen LogP contribution in [0.1, 0.15) is 20.8 Å². The van der Waals surface area contributed by atoms with Crippen molar-refractivity contribution in [1.82, 2.24) is 20.0 Å². The van der Waals surface area contributed by atoms with E-state index in [0.29, 0.717) is 13.1 Å². The van der Waals surface area contributed by atoms with Crippen LogP contribution in [0, 0.1) is 0 Å². The van der Waals surface area contributed by atoms with Crippen molar-refractivity contribution in [1.29, 1.82) is 0 Å². The van der Waals surface area contributed by atoms with Crippen LogP contribution in [0.15, 0.2) is 0 Å². The SMILES string of the molecule is CCN(CC)C(=O)CN(C)C(=O)C(C)N1CCNCC1. The first-order valence-electron chi connectivity index (χ1n) is 7.48. The molecule has 116 valence electrons. The molecular formula is C14H28N4O2. The van der Waals surface area contributed by atoms with Crippen molar-refractivity contribution in [3.63, 3.8) is 0 Å². The summed E-state index contributed by atoms with van der Waals surface area (Å²) in [4.78, 5) is 29.9. The zero-order chi connectivity index (χ0) is 15.1. The molecule has 6 nitrogen and oxygen atoms in total. The molecule has 0 aliphatic carbocycles. The number of nitrogens with one attached hydrogen (secondary N) is 1. The highest BCUT2D eigenvalue weighted by Gasteiger charge is 2.26. The van der Waals surface area contributed by atoms with Crippen LogP contribution in [0.3, 0.4) is 0 Å². The van der Waals surface area contributed by atoms with Gasteiger partial charge in [-0.1, -0.05) is 0 Å². The Kier molecular flexibility index (Phi) is 6.95. The van der Waals surface area contributed by atoms with Gasteiger partial charge in [0.25, 0.3) is 0 Å². The molecule has 0 saturated carbocycles. The lowest BCUT2D eigenvalue weighted by Gasteiger charge is -2.34. The lowest BCUT2D eigenvalue weighted by molar-refractivity contribution is -0.142. The van der Waals surface area contributed by atoms with Gasteiger partial charge in [-0.25, -0.2) is 0 Å². The van der Waals surface area contributed by atoms with Crippen molar-refractivity contribution in [2.45, 2.75) is 26.8 Å². The van der Waals surface area contributed by atoms with E-state index in [1.54, 1.807) is 16.8 Å². The lowest BCUT2D eigenvalue weighted by Crippen LogP contribution is -2.54. The molecular weight excluding hydrogens is 256 g/mol. The predicted molar refractivity (Wildman–Crippen MR) is 79.5 cm³/mol. The van der Waals surface area contributed by atoms with Crippen molar-refractivity contribution in [2.75, 3.05) is 52.9 Å². The van der Waals surface area contributed by atoms with Gasteiger partial charge in [0.1, 0.15) is 0 Å². The van der Waals surface area contributed by atoms with Gasteiger partial charge >= 0.3 is 0 Å². The molecule has 20 heavy (non-hydrogen) atoms. The van der Waals surface area contributed by atoms with Gasteiger partial charge in [-0.3, -0.25) is 14.5 Å². The van der Waals surface area contributed by atoms with Gasteiger partial charge in [0.2, 0.25) is 11.8 Å². The standard InChI is InChI=1S/C14H28N4O2/c1-5-17(6-2)13(19)11-16(4)14(20)12(3)18-9-7-15-8-10-18/h12,15H,5-11H2,1-4H3. The second-order valence-corrected chi connectivity index (χ2v) is 5.22. The second kappa shape index (κ2) is 8.21. The maximum Gasteiger partial charge on any atom is 0.242 e. The Labute approximate surface area is 122 Å². The van der Waals surface area contributed by atoms with E-state index in [-0.39, 0.29) is 24.4 Å². The van der Waals surface area contributed by atoms with Crippen LogP contribution in [0.2, 0.25) is 0 Å². The molecule has 0 bridgehead atoms. The Morgan fingerprint density at radius 3 is 2.25 bits per heavy atom. The van der Waals surface area contributed by atoms with Crippen LogP contribution in [0.4, 0.5) is 0 Å². The van der Waals surface area contributed by atoms with E-state index < -0.39 is 0 Å². The Balaban J connectivity index is 2.50. The average molecular weight is 284 g/mol. The number of amides is 2. The molecule has 1 atom stereocenters. The Morgan fingerprint density at radius 1 is 1.20 bits per heavy atom. The van der Waals surface area contributed by atoms with Gasteiger partial charge in [-0.15, -0.1) is 0 Å². The van der Waals surface area contributed by atoms with Crippen molar-refractivity contribution < 1.29 is 9.59 Å². The highest BCUT2D eigenvalue weighted by atomic mass is 16.2. The van der Waals surface area contributed by atoms with Crippen LogP contribution in [0.25, 0.3) is 0 Å². The first kappa shape index (κ1) is 16.9. The largest absolute Gasteiger partial charge is 0.342 e. The maximum absolute atomic E-state index is 12.4. The summed E-state index contributed by atoms with van der Waals surface area (Å²) in [5, 5.41) is 3.27. The van der Waals surface area contributed by atoms with E-state index in [1.807, 2.05) is 20.8 Å². The minimum absolute atomic E-state index is 0.0124. The lowest BCUT2D eigenvalue weighted by atomic mass is 10.2. The van der Waals surface area contributed by atoms with Crippen LogP contribution in [0.5, 0.6) is 0 Å².